The summed E-state index contributed by atoms with van der Waals surface area (Å²) in [6, 6.07) is 0.509. The molecule has 0 aromatic carbocycles. The summed E-state index contributed by atoms with van der Waals surface area (Å²) in [6.45, 7) is 5.99. The van der Waals surface area contributed by atoms with Gasteiger partial charge in [0.15, 0.2) is 0 Å². The molecule has 96 valence electrons. The van der Waals surface area contributed by atoms with Gasteiger partial charge in [-0.25, -0.2) is 0 Å². The van der Waals surface area contributed by atoms with Gasteiger partial charge in [0.2, 0.25) is 5.91 Å². The van der Waals surface area contributed by atoms with Gasteiger partial charge in [-0.05, 0) is 37.8 Å². The van der Waals surface area contributed by atoms with Crippen LogP contribution in [0.4, 0.5) is 0 Å². The number of hydrogen-bond donors (Lipinski definition) is 2. The maximum absolute atomic E-state index is 11.4. The van der Waals surface area contributed by atoms with E-state index >= 15 is 0 Å². The van der Waals surface area contributed by atoms with Gasteiger partial charge in [-0.3, -0.25) is 4.79 Å². The predicted octanol–water partition coefficient (Wildman–Crippen LogP) is 2.02. The van der Waals surface area contributed by atoms with Crippen molar-refractivity contribution in [2.45, 2.75) is 45.6 Å². The van der Waals surface area contributed by atoms with E-state index in [-0.39, 0.29) is 5.91 Å². The fraction of sp³-hybridized carbons (Fsp3) is 0.917. The van der Waals surface area contributed by atoms with Crippen LogP contribution in [0.2, 0.25) is 0 Å². The molecule has 0 saturated heterocycles. The third-order valence-electron chi connectivity index (χ3n) is 2.23. The van der Waals surface area contributed by atoms with Crippen molar-refractivity contribution in [3.05, 3.63) is 0 Å². The quantitative estimate of drug-likeness (QED) is 0.580. The minimum absolute atomic E-state index is 0.190. The van der Waals surface area contributed by atoms with E-state index < -0.39 is 0 Å². The first-order valence-corrected chi connectivity index (χ1v) is 7.55. The first-order chi connectivity index (χ1) is 7.66. The lowest BCUT2D eigenvalue weighted by Crippen LogP contribution is -2.27. The topological polar surface area (TPSA) is 41.1 Å². The van der Waals surface area contributed by atoms with E-state index in [4.69, 9.17) is 0 Å². The van der Waals surface area contributed by atoms with Gasteiger partial charge < -0.3 is 10.6 Å². The van der Waals surface area contributed by atoms with Crippen LogP contribution in [0, 0.1) is 0 Å². The van der Waals surface area contributed by atoms with Crippen LogP contribution >= 0.6 is 11.8 Å². The highest BCUT2D eigenvalue weighted by atomic mass is 32.2. The summed E-state index contributed by atoms with van der Waals surface area (Å²) >= 11 is 1.86. The van der Waals surface area contributed by atoms with Gasteiger partial charge in [0.25, 0.3) is 0 Å². The SMILES string of the molecule is CSCCCCNC(=O)CCCNC(C)C. The van der Waals surface area contributed by atoms with E-state index in [9.17, 15) is 4.79 Å². The van der Waals surface area contributed by atoms with Crippen LogP contribution in [0.1, 0.15) is 39.5 Å². The van der Waals surface area contributed by atoms with E-state index in [1.54, 1.807) is 0 Å². The lowest BCUT2D eigenvalue weighted by molar-refractivity contribution is -0.121. The molecular weight excluding hydrogens is 220 g/mol. The van der Waals surface area contributed by atoms with Crippen LogP contribution < -0.4 is 10.6 Å². The van der Waals surface area contributed by atoms with Gasteiger partial charge in [0.1, 0.15) is 0 Å². The molecule has 0 atom stereocenters. The number of thioether (sulfide) groups is 1. The lowest BCUT2D eigenvalue weighted by Gasteiger charge is -2.08. The molecule has 0 saturated carbocycles. The molecule has 0 aliphatic rings. The van der Waals surface area contributed by atoms with Crippen molar-refractivity contribution in [1.29, 1.82) is 0 Å². The highest BCUT2D eigenvalue weighted by molar-refractivity contribution is 7.98. The molecule has 3 nitrogen and oxygen atoms in total. The van der Waals surface area contributed by atoms with Crippen LogP contribution in [-0.2, 0) is 4.79 Å². The molecule has 0 bridgehead atoms. The van der Waals surface area contributed by atoms with Crippen molar-refractivity contribution in [1.82, 2.24) is 10.6 Å². The number of carbonyl (C=O) groups excluding carboxylic acids is 1. The molecule has 0 aliphatic carbocycles. The maximum atomic E-state index is 11.4. The van der Waals surface area contributed by atoms with Gasteiger partial charge in [-0.1, -0.05) is 13.8 Å². The summed E-state index contributed by atoms with van der Waals surface area (Å²) in [4.78, 5) is 11.4. The molecular formula is C12H26N2OS. The number of rotatable bonds is 10. The van der Waals surface area contributed by atoms with E-state index in [1.165, 1.54) is 12.2 Å². The summed E-state index contributed by atoms with van der Waals surface area (Å²) in [7, 11) is 0. The highest BCUT2D eigenvalue weighted by Gasteiger charge is 2.00. The van der Waals surface area contributed by atoms with Crippen molar-refractivity contribution < 1.29 is 4.79 Å². The van der Waals surface area contributed by atoms with E-state index in [2.05, 4.69) is 30.7 Å². The largest absolute Gasteiger partial charge is 0.356 e. The Morgan fingerprint density at radius 2 is 1.94 bits per heavy atom. The number of hydrogen-bond acceptors (Lipinski definition) is 3. The van der Waals surface area contributed by atoms with Gasteiger partial charge >= 0.3 is 0 Å². The molecule has 0 fully saturated rings. The third kappa shape index (κ3) is 11.9. The predicted molar refractivity (Wildman–Crippen MR) is 73.0 cm³/mol. The van der Waals surface area contributed by atoms with Crippen LogP contribution in [0.5, 0.6) is 0 Å². The molecule has 16 heavy (non-hydrogen) atoms. The Morgan fingerprint density at radius 1 is 1.19 bits per heavy atom. The Balaban J connectivity index is 3.18. The molecule has 4 heteroatoms. The van der Waals surface area contributed by atoms with Crippen molar-refractivity contribution in [2.24, 2.45) is 0 Å². The monoisotopic (exact) mass is 246 g/mol. The standard InChI is InChI=1S/C12H26N2OS/c1-11(2)13-9-6-7-12(15)14-8-4-5-10-16-3/h11,13H,4-10H2,1-3H3,(H,14,15). The van der Waals surface area contributed by atoms with Gasteiger partial charge in [0, 0.05) is 19.0 Å². The minimum Gasteiger partial charge on any atom is -0.356 e. The molecule has 0 heterocycles. The van der Waals surface area contributed by atoms with Crippen molar-refractivity contribution in [2.75, 3.05) is 25.1 Å². The molecule has 0 unspecified atom stereocenters. The number of nitrogens with one attached hydrogen (secondary N) is 2. The Bertz CT molecular complexity index is 174. The zero-order valence-electron chi connectivity index (χ0n) is 10.8. The molecule has 0 aliphatic heterocycles. The molecule has 2 N–H and O–H groups in total. The summed E-state index contributed by atoms with van der Waals surface area (Å²) in [6.07, 6.45) is 5.96. The molecule has 0 radical (unpaired) electrons. The third-order valence-corrected chi connectivity index (χ3v) is 2.93. The van der Waals surface area contributed by atoms with Gasteiger partial charge in [0.05, 0.1) is 0 Å². The molecule has 0 aromatic rings. The Hall–Kier alpha value is -0.220. The Morgan fingerprint density at radius 3 is 2.56 bits per heavy atom. The first-order valence-electron chi connectivity index (χ1n) is 6.16. The van der Waals surface area contributed by atoms with Crippen LogP contribution in [-0.4, -0.2) is 37.0 Å². The summed E-state index contributed by atoms with van der Waals surface area (Å²) in [5.74, 6) is 1.38. The van der Waals surface area contributed by atoms with E-state index in [0.29, 0.717) is 12.5 Å². The fourth-order valence-electron chi connectivity index (χ4n) is 1.33. The highest BCUT2D eigenvalue weighted by Crippen LogP contribution is 1.98. The normalized spacial score (nSPS) is 10.8. The Labute approximate surface area is 104 Å². The van der Waals surface area contributed by atoms with Crippen LogP contribution in [0.15, 0.2) is 0 Å². The van der Waals surface area contributed by atoms with Crippen molar-refractivity contribution in [3.63, 3.8) is 0 Å². The fourth-order valence-corrected chi connectivity index (χ4v) is 1.82. The number of unbranched alkanes of at least 4 members (excludes halogenated alkanes) is 1. The van der Waals surface area contributed by atoms with Crippen molar-refractivity contribution in [3.8, 4) is 0 Å². The average Bonchev–Trinajstić information content (AvgIpc) is 2.24. The van der Waals surface area contributed by atoms with E-state index in [0.717, 1.165) is 25.9 Å². The summed E-state index contributed by atoms with van der Waals surface area (Å²) in [5.41, 5.74) is 0. The van der Waals surface area contributed by atoms with E-state index in [1.807, 2.05) is 11.8 Å². The average molecular weight is 246 g/mol. The zero-order chi connectivity index (χ0) is 12.2. The molecule has 0 spiro atoms. The summed E-state index contributed by atoms with van der Waals surface area (Å²) in [5, 5.41) is 6.26. The maximum Gasteiger partial charge on any atom is 0.220 e. The second-order valence-corrected chi connectivity index (χ2v) is 5.25. The van der Waals surface area contributed by atoms with Crippen molar-refractivity contribution >= 4 is 17.7 Å². The molecule has 0 aromatic heterocycles. The Kier molecular flexibility index (Phi) is 11.1. The number of amides is 1. The van der Waals surface area contributed by atoms with Crippen LogP contribution in [0.25, 0.3) is 0 Å². The van der Waals surface area contributed by atoms with Gasteiger partial charge in [-0.15, -0.1) is 0 Å². The second kappa shape index (κ2) is 11.3. The molecule has 1 amide bonds. The molecule has 0 rings (SSSR count). The first kappa shape index (κ1) is 15.8. The number of carbonyl (C=O) groups is 1. The van der Waals surface area contributed by atoms with Crippen LogP contribution in [0.3, 0.4) is 0 Å². The lowest BCUT2D eigenvalue weighted by atomic mass is 10.2. The second-order valence-electron chi connectivity index (χ2n) is 4.26. The minimum atomic E-state index is 0.190. The van der Waals surface area contributed by atoms with Gasteiger partial charge in [-0.2, -0.15) is 11.8 Å². The zero-order valence-corrected chi connectivity index (χ0v) is 11.7. The smallest absolute Gasteiger partial charge is 0.220 e. The summed E-state index contributed by atoms with van der Waals surface area (Å²) < 4.78 is 0.